The first-order chi connectivity index (χ1) is 9.02. The van der Waals surface area contributed by atoms with Crippen molar-refractivity contribution in [2.75, 3.05) is 26.2 Å². The maximum atomic E-state index is 14.0. The Kier molecular flexibility index (Phi) is 4.47. The molecule has 2 nitrogen and oxygen atoms in total. The minimum Gasteiger partial charge on any atom is -0.314 e. The average molecular weight is 272 g/mol. The highest BCUT2D eigenvalue weighted by molar-refractivity contribution is 5.24. The number of nitrogens with one attached hydrogen (secondary N) is 1. The first kappa shape index (κ1) is 14.3. The highest BCUT2D eigenvalue weighted by atomic mass is 19.2. The van der Waals surface area contributed by atoms with Gasteiger partial charge >= 0.3 is 0 Å². The van der Waals surface area contributed by atoms with Crippen molar-refractivity contribution in [3.05, 3.63) is 35.1 Å². The molecule has 1 fully saturated rings. The van der Waals surface area contributed by atoms with Gasteiger partial charge in [0.1, 0.15) is 0 Å². The third kappa shape index (κ3) is 2.92. The Hall–Kier alpha value is -1.07. The molecule has 1 atom stereocenters. The van der Waals surface area contributed by atoms with E-state index in [2.05, 4.69) is 10.2 Å². The second-order valence-corrected chi connectivity index (χ2v) is 5.24. The van der Waals surface area contributed by atoms with Crippen molar-refractivity contribution in [2.24, 2.45) is 5.92 Å². The number of rotatable bonds is 3. The lowest BCUT2D eigenvalue weighted by molar-refractivity contribution is 0.133. The summed E-state index contributed by atoms with van der Waals surface area (Å²) in [7, 11) is 0. The fourth-order valence-corrected chi connectivity index (χ4v) is 2.71. The van der Waals surface area contributed by atoms with Gasteiger partial charge in [-0.05, 0) is 12.0 Å². The van der Waals surface area contributed by atoms with E-state index in [0.29, 0.717) is 0 Å². The quantitative estimate of drug-likeness (QED) is 0.851. The lowest BCUT2D eigenvalue weighted by Crippen LogP contribution is -2.46. The average Bonchev–Trinajstić information content (AvgIpc) is 2.40. The predicted molar refractivity (Wildman–Crippen MR) is 68.3 cm³/mol. The summed E-state index contributed by atoms with van der Waals surface area (Å²) in [5.74, 6) is -3.45. The van der Waals surface area contributed by atoms with Gasteiger partial charge in [0.2, 0.25) is 0 Å². The molecule has 1 aromatic rings. The fourth-order valence-electron chi connectivity index (χ4n) is 2.71. The Bertz CT molecular complexity index is 443. The zero-order chi connectivity index (χ0) is 14.0. The zero-order valence-electron chi connectivity index (χ0n) is 11.2. The SMILES string of the molecule is CC(C)C(c1ccc(F)c(F)c1F)N1CCNCC1. The monoisotopic (exact) mass is 272 g/mol. The minimum atomic E-state index is -1.38. The standard InChI is InChI=1S/C14H19F3N2/c1-9(2)14(19-7-5-18-6-8-19)10-3-4-11(15)13(17)12(10)16/h3-4,9,14,18H,5-8H2,1-2H3. The lowest BCUT2D eigenvalue weighted by atomic mass is 9.93. The molecule has 19 heavy (non-hydrogen) atoms. The second kappa shape index (κ2) is 5.92. The number of hydrogen-bond donors (Lipinski definition) is 1. The molecule has 106 valence electrons. The smallest absolute Gasteiger partial charge is 0.194 e. The Morgan fingerprint density at radius 3 is 2.26 bits per heavy atom. The van der Waals surface area contributed by atoms with Crippen LogP contribution in [0.4, 0.5) is 13.2 Å². The van der Waals surface area contributed by atoms with Gasteiger partial charge in [0.25, 0.3) is 0 Å². The summed E-state index contributed by atoms with van der Waals surface area (Å²) in [6, 6.07) is 2.14. The van der Waals surface area contributed by atoms with E-state index in [1.165, 1.54) is 6.07 Å². The van der Waals surface area contributed by atoms with Crippen molar-refractivity contribution in [1.82, 2.24) is 10.2 Å². The van der Waals surface area contributed by atoms with E-state index in [-0.39, 0.29) is 17.5 Å². The first-order valence-electron chi connectivity index (χ1n) is 6.60. The predicted octanol–water partition coefficient (Wildman–Crippen LogP) is 2.71. The van der Waals surface area contributed by atoms with Crippen molar-refractivity contribution in [3.8, 4) is 0 Å². The van der Waals surface area contributed by atoms with Crippen LogP contribution in [-0.2, 0) is 0 Å². The second-order valence-electron chi connectivity index (χ2n) is 5.24. The largest absolute Gasteiger partial charge is 0.314 e. The van der Waals surface area contributed by atoms with Crippen LogP contribution in [-0.4, -0.2) is 31.1 Å². The first-order valence-corrected chi connectivity index (χ1v) is 6.60. The number of piperazine rings is 1. The Morgan fingerprint density at radius 1 is 1.05 bits per heavy atom. The van der Waals surface area contributed by atoms with Gasteiger partial charge in [0.05, 0.1) is 0 Å². The van der Waals surface area contributed by atoms with Gasteiger partial charge in [-0.15, -0.1) is 0 Å². The van der Waals surface area contributed by atoms with Gasteiger partial charge in [-0.25, -0.2) is 13.2 Å². The molecule has 1 unspecified atom stereocenters. The van der Waals surface area contributed by atoms with E-state index in [1.54, 1.807) is 0 Å². The zero-order valence-corrected chi connectivity index (χ0v) is 11.2. The molecule has 2 rings (SSSR count). The molecule has 5 heteroatoms. The maximum Gasteiger partial charge on any atom is 0.194 e. The summed E-state index contributed by atoms with van der Waals surface area (Å²) in [5.41, 5.74) is 0.246. The summed E-state index contributed by atoms with van der Waals surface area (Å²) in [5, 5.41) is 3.23. The third-order valence-electron chi connectivity index (χ3n) is 3.56. The minimum absolute atomic E-state index is 0.123. The summed E-state index contributed by atoms with van der Waals surface area (Å²) in [4.78, 5) is 2.12. The summed E-state index contributed by atoms with van der Waals surface area (Å²) >= 11 is 0. The number of hydrogen-bond acceptors (Lipinski definition) is 2. The van der Waals surface area contributed by atoms with Gasteiger partial charge in [-0.2, -0.15) is 0 Å². The molecule has 0 spiro atoms. The van der Waals surface area contributed by atoms with E-state index in [9.17, 15) is 13.2 Å². The van der Waals surface area contributed by atoms with Crippen molar-refractivity contribution in [2.45, 2.75) is 19.9 Å². The number of benzene rings is 1. The molecule has 1 aromatic carbocycles. The maximum absolute atomic E-state index is 14.0. The molecular formula is C14H19F3N2. The molecule has 1 aliphatic heterocycles. The van der Waals surface area contributed by atoms with Gasteiger partial charge < -0.3 is 5.32 Å². The van der Waals surface area contributed by atoms with E-state index >= 15 is 0 Å². The molecule has 1 saturated heterocycles. The van der Waals surface area contributed by atoms with Crippen LogP contribution in [0, 0.1) is 23.4 Å². The van der Waals surface area contributed by atoms with Crippen LogP contribution in [0.3, 0.4) is 0 Å². The molecule has 0 amide bonds. The van der Waals surface area contributed by atoms with E-state index in [0.717, 1.165) is 32.2 Å². The molecule has 0 bridgehead atoms. The molecule has 0 saturated carbocycles. The number of halogens is 3. The normalized spacial score (nSPS) is 18.8. The van der Waals surface area contributed by atoms with Gasteiger partial charge in [-0.1, -0.05) is 19.9 Å². The summed E-state index contributed by atoms with van der Waals surface area (Å²) < 4.78 is 40.4. The van der Waals surface area contributed by atoms with E-state index in [1.807, 2.05) is 13.8 Å². The highest BCUT2D eigenvalue weighted by Crippen LogP contribution is 2.32. The van der Waals surface area contributed by atoms with E-state index in [4.69, 9.17) is 0 Å². The van der Waals surface area contributed by atoms with Gasteiger partial charge in [0, 0.05) is 37.8 Å². The van der Waals surface area contributed by atoms with Crippen LogP contribution in [0.2, 0.25) is 0 Å². The van der Waals surface area contributed by atoms with Crippen LogP contribution in [0.5, 0.6) is 0 Å². The molecular weight excluding hydrogens is 253 g/mol. The number of nitrogens with zero attached hydrogens (tertiary/aromatic N) is 1. The van der Waals surface area contributed by atoms with Crippen LogP contribution >= 0.6 is 0 Å². The van der Waals surface area contributed by atoms with Crippen LogP contribution < -0.4 is 5.32 Å². The Morgan fingerprint density at radius 2 is 1.68 bits per heavy atom. The fraction of sp³-hybridized carbons (Fsp3) is 0.571. The lowest BCUT2D eigenvalue weighted by Gasteiger charge is -2.37. The molecule has 0 aromatic heterocycles. The molecule has 1 heterocycles. The molecule has 1 aliphatic rings. The van der Waals surface area contributed by atoms with Crippen molar-refractivity contribution in [1.29, 1.82) is 0 Å². The van der Waals surface area contributed by atoms with Crippen LogP contribution in [0.15, 0.2) is 12.1 Å². The van der Waals surface area contributed by atoms with Crippen molar-refractivity contribution < 1.29 is 13.2 Å². The Balaban J connectivity index is 2.36. The van der Waals surface area contributed by atoms with Gasteiger partial charge in [-0.3, -0.25) is 4.90 Å². The molecule has 0 radical (unpaired) electrons. The van der Waals surface area contributed by atoms with Gasteiger partial charge in [0.15, 0.2) is 17.5 Å². The summed E-state index contributed by atoms with van der Waals surface area (Å²) in [6.07, 6.45) is 0. The molecule has 1 N–H and O–H groups in total. The summed E-state index contributed by atoms with van der Waals surface area (Å²) in [6.45, 7) is 7.15. The molecule has 0 aliphatic carbocycles. The van der Waals surface area contributed by atoms with E-state index < -0.39 is 17.5 Å². The Labute approximate surface area is 111 Å². The van der Waals surface area contributed by atoms with Crippen molar-refractivity contribution in [3.63, 3.8) is 0 Å². The van der Waals surface area contributed by atoms with Crippen LogP contribution in [0.1, 0.15) is 25.5 Å². The van der Waals surface area contributed by atoms with Crippen LogP contribution in [0.25, 0.3) is 0 Å². The third-order valence-corrected chi connectivity index (χ3v) is 3.56. The van der Waals surface area contributed by atoms with Crippen molar-refractivity contribution >= 4 is 0 Å². The topological polar surface area (TPSA) is 15.3 Å². The highest BCUT2D eigenvalue weighted by Gasteiger charge is 2.29.